The highest BCUT2D eigenvalue weighted by atomic mass is 32.2. The van der Waals surface area contributed by atoms with Crippen molar-refractivity contribution in [1.29, 1.82) is 0 Å². The van der Waals surface area contributed by atoms with E-state index in [0.29, 0.717) is 10.7 Å². The third kappa shape index (κ3) is 2.34. The van der Waals surface area contributed by atoms with Crippen LogP contribution in [0.5, 0.6) is 0 Å². The fourth-order valence-corrected chi connectivity index (χ4v) is 2.30. The molecule has 0 amide bonds. The van der Waals surface area contributed by atoms with E-state index in [1.54, 1.807) is 6.08 Å². The molecule has 0 aromatic carbocycles. The van der Waals surface area contributed by atoms with Gasteiger partial charge < -0.3 is 4.74 Å². The van der Waals surface area contributed by atoms with Crippen molar-refractivity contribution in [1.82, 2.24) is 0 Å². The van der Waals surface area contributed by atoms with E-state index in [0.717, 1.165) is 6.42 Å². The first-order chi connectivity index (χ1) is 5.95. The highest BCUT2D eigenvalue weighted by Crippen LogP contribution is 2.26. The largest absolute Gasteiger partial charge is 0.496 e. The lowest BCUT2D eigenvalue weighted by Gasteiger charge is -2.16. The van der Waals surface area contributed by atoms with Gasteiger partial charge in [0.05, 0.1) is 7.11 Å². The number of hydrogen-bond donors (Lipinski definition) is 0. The molecule has 0 bridgehead atoms. The topological polar surface area (TPSA) is 43.4 Å². The van der Waals surface area contributed by atoms with Crippen LogP contribution in [0.25, 0.3) is 0 Å². The van der Waals surface area contributed by atoms with Gasteiger partial charge in [0, 0.05) is 6.26 Å². The zero-order valence-electron chi connectivity index (χ0n) is 8.07. The molecule has 74 valence electrons. The maximum absolute atomic E-state index is 11.3. The first kappa shape index (κ1) is 10.3. The number of allylic oxidation sites excluding steroid dienone is 2. The zero-order chi connectivity index (χ0) is 10.1. The van der Waals surface area contributed by atoms with Gasteiger partial charge in [0.2, 0.25) is 0 Å². The molecule has 13 heavy (non-hydrogen) atoms. The van der Waals surface area contributed by atoms with Gasteiger partial charge >= 0.3 is 0 Å². The van der Waals surface area contributed by atoms with Gasteiger partial charge in [-0.25, -0.2) is 8.42 Å². The monoisotopic (exact) mass is 202 g/mol. The van der Waals surface area contributed by atoms with Crippen molar-refractivity contribution in [3.8, 4) is 0 Å². The van der Waals surface area contributed by atoms with Gasteiger partial charge in [0.25, 0.3) is 0 Å². The second-order valence-electron chi connectivity index (χ2n) is 3.29. The molecule has 0 saturated carbocycles. The lowest BCUT2D eigenvalue weighted by atomic mass is 10.0. The Morgan fingerprint density at radius 2 is 2.15 bits per heavy atom. The molecule has 0 fully saturated rings. The highest BCUT2D eigenvalue weighted by Gasteiger charge is 2.21. The molecule has 0 aromatic rings. The third-order valence-electron chi connectivity index (χ3n) is 1.97. The summed E-state index contributed by atoms with van der Waals surface area (Å²) in [4.78, 5) is 0.314. The van der Waals surface area contributed by atoms with Crippen LogP contribution in [-0.4, -0.2) is 21.8 Å². The Morgan fingerprint density at radius 3 is 2.62 bits per heavy atom. The van der Waals surface area contributed by atoms with Crippen LogP contribution in [-0.2, 0) is 14.6 Å². The second kappa shape index (κ2) is 3.54. The average Bonchev–Trinajstić information content (AvgIpc) is 2.03. The fourth-order valence-electron chi connectivity index (χ4n) is 1.29. The van der Waals surface area contributed by atoms with Gasteiger partial charge in [0.15, 0.2) is 9.84 Å². The summed E-state index contributed by atoms with van der Waals surface area (Å²) >= 11 is 0. The first-order valence-electron chi connectivity index (χ1n) is 4.11. The molecule has 0 radical (unpaired) electrons. The smallest absolute Gasteiger partial charge is 0.178 e. The summed E-state index contributed by atoms with van der Waals surface area (Å²) in [6.07, 6.45) is 5.60. The van der Waals surface area contributed by atoms with Crippen LogP contribution in [0.3, 0.4) is 0 Å². The normalized spacial score (nSPS) is 23.5. The summed E-state index contributed by atoms with van der Waals surface area (Å²) in [5.74, 6) is 0.740. The lowest BCUT2D eigenvalue weighted by Crippen LogP contribution is -2.11. The van der Waals surface area contributed by atoms with Gasteiger partial charge in [-0.05, 0) is 18.4 Å². The van der Waals surface area contributed by atoms with E-state index in [4.69, 9.17) is 4.74 Å². The van der Waals surface area contributed by atoms with Crippen LogP contribution >= 0.6 is 0 Å². The predicted octanol–water partition coefficient (Wildman–Crippen LogP) is 1.49. The molecule has 0 spiro atoms. The molecule has 0 saturated heterocycles. The molecule has 1 aliphatic carbocycles. The molecule has 1 aliphatic rings. The van der Waals surface area contributed by atoms with Crippen LogP contribution in [0.4, 0.5) is 0 Å². The van der Waals surface area contributed by atoms with E-state index in [1.165, 1.54) is 13.4 Å². The molecule has 0 heterocycles. The Kier molecular flexibility index (Phi) is 2.81. The minimum atomic E-state index is -3.15. The second-order valence-corrected chi connectivity index (χ2v) is 5.27. The van der Waals surface area contributed by atoms with E-state index < -0.39 is 9.84 Å². The lowest BCUT2D eigenvalue weighted by molar-refractivity contribution is 0.299. The van der Waals surface area contributed by atoms with E-state index in [1.807, 2.05) is 13.0 Å². The maximum atomic E-state index is 11.3. The molecule has 1 atom stereocenters. The summed E-state index contributed by atoms with van der Waals surface area (Å²) in [5, 5.41) is 0. The standard InChI is InChI=1S/C9H14O3S/c1-7-4-5-8(12-2)9(6-7)13(3,10)11/h5-7H,4H2,1-3H3/t7-/m0/s1. The SMILES string of the molecule is COC1=CC[C@H](C)C=C1S(C)(=O)=O. The van der Waals surface area contributed by atoms with Crippen LogP contribution < -0.4 is 0 Å². The van der Waals surface area contributed by atoms with Gasteiger partial charge in [-0.3, -0.25) is 0 Å². The molecule has 3 nitrogen and oxygen atoms in total. The summed E-state index contributed by atoms with van der Waals surface area (Å²) < 4.78 is 27.6. The van der Waals surface area contributed by atoms with Crippen LogP contribution in [0.15, 0.2) is 22.8 Å². The Hall–Kier alpha value is -0.770. The summed E-state index contributed by atoms with van der Waals surface area (Å²) in [7, 11) is -1.67. The first-order valence-corrected chi connectivity index (χ1v) is 6.00. The minimum Gasteiger partial charge on any atom is -0.496 e. The predicted molar refractivity (Wildman–Crippen MR) is 51.8 cm³/mol. The van der Waals surface area contributed by atoms with Gasteiger partial charge in [-0.2, -0.15) is 0 Å². The number of ether oxygens (including phenoxy) is 1. The minimum absolute atomic E-state index is 0.267. The van der Waals surface area contributed by atoms with Gasteiger partial charge in [-0.15, -0.1) is 0 Å². The molecule has 0 aliphatic heterocycles. The van der Waals surface area contributed by atoms with Crippen molar-refractivity contribution in [3.05, 3.63) is 22.8 Å². The van der Waals surface area contributed by atoms with Crippen molar-refractivity contribution < 1.29 is 13.2 Å². The number of hydrogen-bond acceptors (Lipinski definition) is 3. The number of methoxy groups -OCH3 is 1. The summed E-state index contributed by atoms with van der Waals surface area (Å²) in [6, 6.07) is 0. The third-order valence-corrected chi connectivity index (χ3v) is 3.11. The van der Waals surface area contributed by atoms with Crippen LogP contribution in [0, 0.1) is 5.92 Å². The maximum Gasteiger partial charge on any atom is 0.178 e. The Balaban J connectivity index is 3.11. The van der Waals surface area contributed by atoms with Gasteiger partial charge in [-0.1, -0.05) is 13.0 Å². The van der Waals surface area contributed by atoms with E-state index >= 15 is 0 Å². The number of sulfone groups is 1. The fraction of sp³-hybridized carbons (Fsp3) is 0.556. The van der Waals surface area contributed by atoms with Crippen LogP contribution in [0.2, 0.25) is 0 Å². The highest BCUT2D eigenvalue weighted by molar-refractivity contribution is 7.94. The molecular weight excluding hydrogens is 188 g/mol. The van der Waals surface area contributed by atoms with Crippen LogP contribution in [0.1, 0.15) is 13.3 Å². The molecule has 0 N–H and O–H groups in total. The quantitative estimate of drug-likeness (QED) is 0.681. The molecule has 0 aromatic heterocycles. The van der Waals surface area contributed by atoms with Crippen molar-refractivity contribution in [2.24, 2.45) is 5.92 Å². The Labute approximate surface area is 79.0 Å². The summed E-state index contributed by atoms with van der Waals surface area (Å²) in [6.45, 7) is 1.98. The van der Waals surface area contributed by atoms with Crippen molar-refractivity contribution in [2.75, 3.05) is 13.4 Å². The molecular formula is C9H14O3S. The number of rotatable bonds is 2. The van der Waals surface area contributed by atoms with Gasteiger partial charge in [0.1, 0.15) is 10.7 Å². The molecule has 4 heteroatoms. The van der Waals surface area contributed by atoms with E-state index in [-0.39, 0.29) is 5.92 Å². The van der Waals surface area contributed by atoms with Crippen molar-refractivity contribution in [3.63, 3.8) is 0 Å². The van der Waals surface area contributed by atoms with E-state index in [9.17, 15) is 8.42 Å². The summed E-state index contributed by atoms with van der Waals surface area (Å²) in [5.41, 5.74) is 0. The van der Waals surface area contributed by atoms with Crippen molar-refractivity contribution in [2.45, 2.75) is 13.3 Å². The zero-order valence-corrected chi connectivity index (χ0v) is 8.89. The Bertz CT molecular complexity index is 349. The Morgan fingerprint density at radius 1 is 1.54 bits per heavy atom. The average molecular weight is 202 g/mol. The van der Waals surface area contributed by atoms with Crippen molar-refractivity contribution >= 4 is 9.84 Å². The van der Waals surface area contributed by atoms with E-state index in [2.05, 4.69) is 0 Å². The molecule has 0 unspecified atom stereocenters. The molecule has 1 rings (SSSR count).